The van der Waals surface area contributed by atoms with Crippen molar-refractivity contribution >= 4 is 5.97 Å². The first-order valence-corrected chi connectivity index (χ1v) is 4.34. The molecule has 0 saturated heterocycles. The summed E-state index contributed by atoms with van der Waals surface area (Å²) in [5.74, 6) is -0.580. The summed E-state index contributed by atoms with van der Waals surface area (Å²) >= 11 is 0. The molecule has 1 spiro atoms. The van der Waals surface area contributed by atoms with Crippen LogP contribution >= 0.6 is 0 Å². The fraction of sp³-hybridized carbons (Fsp3) is 0.889. The van der Waals surface area contributed by atoms with Crippen LogP contribution in [0, 0.1) is 10.8 Å². The topological polar surface area (TPSA) is 37.3 Å². The van der Waals surface area contributed by atoms with E-state index in [1.54, 1.807) is 0 Å². The average molecular weight is 154 g/mol. The van der Waals surface area contributed by atoms with Crippen molar-refractivity contribution in [2.45, 2.75) is 39.0 Å². The molecule has 0 aliphatic heterocycles. The maximum absolute atomic E-state index is 10.9. The lowest BCUT2D eigenvalue weighted by Crippen LogP contribution is -2.57. The molecule has 0 radical (unpaired) electrons. The molecule has 1 unspecified atom stereocenters. The van der Waals surface area contributed by atoms with Crippen LogP contribution in [0.15, 0.2) is 0 Å². The maximum Gasteiger partial charge on any atom is 0.309 e. The Morgan fingerprint density at radius 1 is 1.27 bits per heavy atom. The van der Waals surface area contributed by atoms with Crippen LogP contribution in [0.5, 0.6) is 0 Å². The third-order valence-electron chi connectivity index (χ3n) is 4.06. The van der Waals surface area contributed by atoms with Gasteiger partial charge in [0.15, 0.2) is 0 Å². The molecule has 62 valence electrons. The first-order valence-electron chi connectivity index (χ1n) is 4.34. The summed E-state index contributed by atoms with van der Waals surface area (Å²) in [4.78, 5) is 10.9. The first kappa shape index (κ1) is 7.14. The Balaban J connectivity index is 2.21. The van der Waals surface area contributed by atoms with Gasteiger partial charge in [-0.15, -0.1) is 0 Å². The van der Waals surface area contributed by atoms with Crippen LogP contribution in [0.1, 0.15) is 39.0 Å². The Hall–Kier alpha value is -0.530. The SMILES string of the molecule is CC1(C(=O)O)CCC12CCC2. The van der Waals surface area contributed by atoms with Crippen LogP contribution in [0.2, 0.25) is 0 Å². The molecule has 0 aromatic carbocycles. The molecule has 0 aromatic rings. The van der Waals surface area contributed by atoms with Crippen molar-refractivity contribution in [3.05, 3.63) is 0 Å². The van der Waals surface area contributed by atoms with Crippen LogP contribution in [0.3, 0.4) is 0 Å². The van der Waals surface area contributed by atoms with Crippen LogP contribution < -0.4 is 0 Å². The van der Waals surface area contributed by atoms with Gasteiger partial charge >= 0.3 is 5.97 Å². The second kappa shape index (κ2) is 1.79. The summed E-state index contributed by atoms with van der Waals surface area (Å²) in [7, 11) is 0. The Labute approximate surface area is 66.6 Å². The molecule has 2 nitrogen and oxygen atoms in total. The van der Waals surface area contributed by atoms with E-state index in [9.17, 15) is 4.79 Å². The van der Waals surface area contributed by atoms with Crippen LogP contribution in [-0.2, 0) is 4.79 Å². The van der Waals surface area contributed by atoms with Crippen molar-refractivity contribution in [2.75, 3.05) is 0 Å². The van der Waals surface area contributed by atoms with Crippen LogP contribution in [0.4, 0.5) is 0 Å². The fourth-order valence-electron chi connectivity index (χ4n) is 2.59. The van der Waals surface area contributed by atoms with Crippen molar-refractivity contribution in [1.82, 2.24) is 0 Å². The molecule has 11 heavy (non-hydrogen) atoms. The number of carboxylic acids is 1. The van der Waals surface area contributed by atoms with E-state index < -0.39 is 5.97 Å². The van der Waals surface area contributed by atoms with Crippen molar-refractivity contribution in [3.63, 3.8) is 0 Å². The Bertz CT molecular complexity index is 200. The van der Waals surface area contributed by atoms with Gasteiger partial charge in [-0.3, -0.25) is 4.79 Å². The van der Waals surface area contributed by atoms with Gasteiger partial charge in [-0.1, -0.05) is 6.42 Å². The summed E-state index contributed by atoms with van der Waals surface area (Å²) in [6, 6.07) is 0. The number of carbonyl (C=O) groups is 1. The number of hydrogen-bond acceptors (Lipinski definition) is 1. The average Bonchev–Trinajstić information content (AvgIpc) is 1.80. The third kappa shape index (κ3) is 0.608. The van der Waals surface area contributed by atoms with Gasteiger partial charge in [-0.25, -0.2) is 0 Å². The van der Waals surface area contributed by atoms with Gasteiger partial charge in [0, 0.05) is 0 Å². The Morgan fingerprint density at radius 3 is 2.00 bits per heavy atom. The highest BCUT2D eigenvalue weighted by atomic mass is 16.4. The molecule has 2 fully saturated rings. The fourth-order valence-corrected chi connectivity index (χ4v) is 2.59. The van der Waals surface area contributed by atoms with E-state index in [0.717, 1.165) is 25.7 Å². The molecule has 1 N–H and O–H groups in total. The number of hydrogen-bond donors (Lipinski definition) is 1. The second-order valence-electron chi connectivity index (χ2n) is 4.27. The van der Waals surface area contributed by atoms with Gasteiger partial charge in [0.2, 0.25) is 0 Å². The number of aliphatic carboxylic acids is 1. The zero-order chi connectivity index (χ0) is 8.11. The van der Waals surface area contributed by atoms with Gasteiger partial charge < -0.3 is 5.11 Å². The zero-order valence-corrected chi connectivity index (χ0v) is 6.89. The molecular weight excluding hydrogens is 140 g/mol. The van der Waals surface area contributed by atoms with Gasteiger partial charge in [0.05, 0.1) is 5.41 Å². The second-order valence-corrected chi connectivity index (χ2v) is 4.27. The highest BCUT2D eigenvalue weighted by Gasteiger charge is 2.62. The van der Waals surface area contributed by atoms with Crippen molar-refractivity contribution in [1.29, 1.82) is 0 Å². The molecule has 0 aromatic heterocycles. The summed E-state index contributed by atoms with van der Waals surface area (Å²) in [6.45, 7) is 1.91. The summed E-state index contributed by atoms with van der Waals surface area (Å²) in [6.07, 6.45) is 5.58. The Morgan fingerprint density at radius 2 is 1.91 bits per heavy atom. The number of carboxylic acid groups (broad SMARTS) is 1. The minimum Gasteiger partial charge on any atom is -0.481 e. The van der Waals surface area contributed by atoms with E-state index in [1.165, 1.54) is 6.42 Å². The summed E-state index contributed by atoms with van der Waals surface area (Å²) in [5.41, 5.74) is -0.149. The quantitative estimate of drug-likeness (QED) is 0.627. The lowest BCUT2D eigenvalue weighted by atomic mass is 9.42. The van der Waals surface area contributed by atoms with Crippen LogP contribution in [0.25, 0.3) is 0 Å². The zero-order valence-electron chi connectivity index (χ0n) is 6.89. The Kier molecular flexibility index (Phi) is 1.16. The van der Waals surface area contributed by atoms with Crippen molar-refractivity contribution < 1.29 is 9.90 Å². The minimum absolute atomic E-state index is 0.221. The van der Waals surface area contributed by atoms with Crippen molar-refractivity contribution in [2.24, 2.45) is 10.8 Å². The predicted octanol–water partition coefficient (Wildman–Crippen LogP) is 2.04. The van der Waals surface area contributed by atoms with E-state index in [1.807, 2.05) is 6.92 Å². The van der Waals surface area contributed by atoms with E-state index in [2.05, 4.69) is 0 Å². The molecule has 0 heterocycles. The highest BCUT2D eigenvalue weighted by Crippen LogP contribution is 2.66. The van der Waals surface area contributed by atoms with E-state index in [0.29, 0.717) is 0 Å². The van der Waals surface area contributed by atoms with Crippen molar-refractivity contribution in [3.8, 4) is 0 Å². The predicted molar refractivity (Wildman–Crippen MR) is 41.3 cm³/mol. The van der Waals surface area contributed by atoms with Gasteiger partial charge in [0.1, 0.15) is 0 Å². The third-order valence-corrected chi connectivity index (χ3v) is 4.06. The molecule has 2 heteroatoms. The lowest BCUT2D eigenvalue weighted by molar-refractivity contribution is -0.186. The smallest absolute Gasteiger partial charge is 0.309 e. The summed E-state index contributed by atoms with van der Waals surface area (Å²) in [5, 5.41) is 8.99. The molecule has 1 atom stereocenters. The molecule has 0 amide bonds. The molecule has 2 aliphatic carbocycles. The van der Waals surface area contributed by atoms with E-state index in [4.69, 9.17) is 5.11 Å². The normalized spacial score (nSPS) is 39.4. The standard InChI is InChI=1S/C9H14O2/c1-8(7(10)11)5-6-9(8)3-2-4-9/h2-6H2,1H3,(H,10,11). The van der Waals surface area contributed by atoms with Gasteiger partial charge in [-0.2, -0.15) is 0 Å². The highest BCUT2D eigenvalue weighted by molar-refractivity contribution is 5.77. The van der Waals surface area contributed by atoms with Gasteiger partial charge in [-0.05, 0) is 38.0 Å². The lowest BCUT2D eigenvalue weighted by Gasteiger charge is -2.61. The van der Waals surface area contributed by atoms with Crippen LogP contribution in [-0.4, -0.2) is 11.1 Å². The molecule has 2 aliphatic rings. The van der Waals surface area contributed by atoms with E-state index in [-0.39, 0.29) is 10.8 Å². The largest absolute Gasteiger partial charge is 0.481 e. The monoisotopic (exact) mass is 154 g/mol. The molecular formula is C9H14O2. The minimum atomic E-state index is -0.580. The molecule has 2 saturated carbocycles. The van der Waals surface area contributed by atoms with Gasteiger partial charge in [0.25, 0.3) is 0 Å². The first-order chi connectivity index (χ1) is 5.11. The molecule has 2 rings (SSSR count). The maximum atomic E-state index is 10.9. The summed E-state index contributed by atoms with van der Waals surface area (Å²) < 4.78 is 0. The number of rotatable bonds is 1. The molecule has 0 bridgehead atoms. The van der Waals surface area contributed by atoms with E-state index >= 15 is 0 Å².